The molecule has 4 amide bonds. The monoisotopic (exact) mass is 1210 g/mol. The van der Waals surface area contributed by atoms with E-state index in [2.05, 4.69) is 39.7 Å². The topological polar surface area (TPSA) is 422 Å². The van der Waals surface area contributed by atoms with E-state index in [1.807, 2.05) is 6.92 Å². The fraction of sp³-hybridized carbons (Fsp3) is 0.619. The molecule has 4 rings (SSSR count). The number of aromatic nitrogens is 4. The van der Waals surface area contributed by atoms with Crippen LogP contribution in [-0.2, 0) is 60.2 Å². The molecule has 0 aliphatic carbocycles. The van der Waals surface area contributed by atoms with E-state index in [0.717, 1.165) is 48.2 Å². The number of phosphoric ester groups is 3. The van der Waals surface area contributed by atoms with Gasteiger partial charge in [0.15, 0.2) is 22.8 Å². The molecule has 1 aliphatic heterocycles. The van der Waals surface area contributed by atoms with Crippen molar-refractivity contribution in [1.82, 2.24) is 40.4 Å². The van der Waals surface area contributed by atoms with Crippen molar-refractivity contribution < 1.29 is 94.8 Å². The second-order valence-electron chi connectivity index (χ2n) is 17.9. The number of hydrogen-bond donors (Lipinski definition) is 10. The number of thioether (sulfide) groups is 1. The average Bonchev–Trinajstić information content (AvgIpc) is 3.92. The van der Waals surface area contributed by atoms with Crippen LogP contribution in [0.25, 0.3) is 11.2 Å². The number of nitrogen functional groups attached to an aromatic ring is 1. The van der Waals surface area contributed by atoms with E-state index in [0.29, 0.717) is 26.1 Å². The predicted molar refractivity (Wildman–Crippen MR) is 277 cm³/mol. The van der Waals surface area contributed by atoms with Crippen molar-refractivity contribution in [2.24, 2.45) is 5.41 Å². The van der Waals surface area contributed by atoms with Gasteiger partial charge in [0.25, 0.3) is 5.91 Å². The lowest BCUT2D eigenvalue weighted by molar-refractivity contribution is -0.137. The zero-order valence-corrected chi connectivity index (χ0v) is 47.2. The Morgan fingerprint density at radius 2 is 1.66 bits per heavy atom. The van der Waals surface area contributed by atoms with Gasteiger partial charge in [-0.25, -0.2) is 28.6 Å². The van der Waals surface area contributed by atoms with Crippen molar-refractivity contribution in [2.45, 2.75) is 102 Å². The highest BCUT2D eigenvalue weighted by atomic mass is 35.5. The quantitative estimate of drug-likeness (QED) is 0.0309. The van der Waals surface area contributed by atoms with E-state index >= 15 is 0 Å². The van der Waals surface area contributed by atoms with Crippen LogP contribution in [-0.4, -0.2) is 172 Å². The van der Waals surface area contributed by atoms with Crippen LogP contribution in [0.15, 0.2) is 30.9 Å². The summed E-state index contributed by atoms with van der Waals surface area (Å²) in [6, 6.07) is 3.23. The van der Waals surface area contributed by atoms with Crippen LogP contribution in [0, 0.1) is 5.41 Å². The highest BCUT2D eigenvalue weighted by Gasteiger charge is 2.50. The Hall–Kier alpha value is -3.74. The van der Waals surface area contributed by atoms with Gasteiger partial charge in [-0.05, 0) is 37.5 Å². The molecule has 1 saturated heterocycles. The maximum Gasteiger partial charge on any atom is 0.481 e. The summed E-state index contributed by atoms with van der Waals surface area (Å²) in [4.78, 5) is 118. The van der Waals surface area contributed by atoms with E-state index in [-0.39, 0.29) is 81.7 Å². The summed E-state index contributed by atoms with van der Waals surface area (Å²) in [5.74, 6) is -2.43. The molecule has 3 heterocycles. The van der Waals surface area contributed by atoms with E-state index in [1.54, 1.807) is 12.0 Å². The largest absolute Gasteiger partial charge is 0.481 e. The lowest BCUT2D eigenvalue weighted by atomic mass is 9.87. The van der Waals surface area contributed by atoms with Gasteiger partial charge in [-0.3, -0.25) is 42.1 Å². The number of ether oxygens (including phenoxy) is 2. The maximum absolute atomic E-state index is 13.9. The Balaban J connectivity index is 1.20. The van der Waals surface area contributed by atoms with Gasteiger partial charge >= 0.3 is 23.5 Å². The summed E-state index contributed by atoms with van der Waals surface area (Å²) in [6.07, 6.45) is -4.24. The van der Waals surface area contributed by atoms with Crippen molar-refractivity contribution in [3.8, 4) is 0 Å². The van der Waals surface area contributed by atoms with Gasteiger partial charge in [-0.2, -0.15) is 4.31 Å². The number of benzene rings is 1. The lowest BCUT2D eigenvalue weighted by Gasteiger charge is -2.30. The number of methoxy groups -OCH3 is 1. The molecule has 1 aliphatic rings. The first-order valence-corrected chi connectivity index (χ1v) is 29.9. The number of imidazole rings is 1. The van der Waals surface area contributed by atoms with Gasteiger partial charge in [0.05, 0.1) is 29.6 Å². The van der Waals surface area contributed by atoms with Gasteiger partial charge in [0.2, 0.25) is 17.7 Å². The molecule has 77 heavy (non-hydrogen) atoms. The minimum absolute atomic E-state index is 0.0123. The number of carbonyl (C=O) groups excluding carboxylic acids is 5. The number of aliphatic hydroxyl groups excluding tert-OH is 2. The Bertz CT molecular complexity index is 2650. The van der Waals surface area contributed by atoms with Crippen molar-refractivity contribution >= 4 is 104 Å². The van der Waals surface area contributed by atoms with Crippen LogP contribution in [0.3, 0.4) is 0 Å². The van der Waals surface area contributed by atoms with Crippen molar-refractivity contribution in [2.75, 3.05) is 64.6 Å². The fourth-order valence-corrected chi connectivity index (χ4v) is 11.1. The SMILES string of the molecule is CCCCCN(CCCOC)C(=O)[C@@H](CCC(=O)SCCNC(=O)CCNC(=O)C(O)C(C)(C)COP(=O)(O)OP(=O)(O)OCC1OC(n2cnc3c(N)ncnc32)C(O)C1OP(=O)(O)O)NC(=O)c1ccc(Cl)c(Cl)c1. The molecular formula is C42H64Cl2N9O20P3S. The molecule has 3 aromatic rings. The highest BCUT2D eigenvalue weighted by molar-refractivity contribution is 8.13. The maximum atomic E-state index is 13.9. The van der Waals surface area contributed by atoms with Gasteiger partial charge in [-0.1, -0.05) is 68.6 Å². The molecule has 0 saturated carbocycles. The number of rotatable bonds is 33. The second-order valence-corrected chi connectivity index (χ2v) is 24.1. The third-order valence-corrected chi connectivity index (χ3v) is 16.1. The Morgan fingerprint density at radius 3 is 2.34 bits per heavy atom. The first-order chi connectivity index (χ1) is 36.1. The number of nitrogens with zero attached hydrogens (tertiary/aromatic N) is 5. The van der Waals surface area contributed by atoms with Gasteiger partial charge in [0.1, 0.15) is 42.3 Å². The summed E-state index contributed by atoms with van der Waals surface area (Å²) < 4.78 is 67.8. The number of anilines is 1. The number of halogens is 2. The number of carbonyl (C=O) groups is 5. The van der Waals surface area contributed by atoms with Crippen LogP contribution in [0.2, 0.25) is 10.0 Å². The number of aliphatic hydroxyl groups is 2. The van der Waals surface area contributed by atoms with Crippen molar-refractivity contribution in [1.29, 1.82) is 0 Å². The molecule has 0 spiro atoms. The summed E-state index contributed by atoms with van der Waals surface area (Å²) in [7, 11) is -15.0. The summed E-state index contributed by atoms with van der Waals surface area (Å²) in [6.45, 7) is 3.37. The fourth-order valence-electron chi connectivity index (χ4n) is 7.27. The number of nitrogens with one attached hydrogen (secondary N) is 3. The number of unbranched alkanes of at least 4 members (excludes halogenated alkanes) is 2. The predicted octanol–water partition coefficient (Wildman–Crippen LogP) is 2.61. The molecule has 1 fully saturated rings. The summed E-state index contributed by atoms with van der Waals surface area (Å²) >= 11 is 13.0. The summed E-state index contributed by atoms with van der Waals surface area (Å²) in [5, 5.41) is 29.5. The number of amides is 4. The average molecular weight is 1210 g/mol. The minimum Gasteiger partial charge on any atom is -0.386 e. The lowest BCUT2D eigenvalue weighted by Crippen LogP contribution is -2.49. The first-order valence-electron chi connectivity index (χ1n) is 23.7. The second kappa shape index (κ2) is 30.2. The Morgan fingerprint density at radius 1 is 0.961 bits per heavy atom. The smallest absolute Gasteiger partial charge is 0.386 e. The molecule has 8 atom stereocenters. The molecule has 432 valence electrons. The number of hydrogen-bond acceptors (Lipinski definition) is 21. The normalized spacial score (nSPS) is 19.2. The first kappa shape index (κ1) is 65.8. The molecule has 2 aromatic heterocycles. The molecule has 35 heteroatoms. The van der Waals surface area contributed by atoms with Crippen LogP contribution in [0.5, 0.6) is 0 Å². The minimum atomic E-state index is -5.63. The van der Waals surface area contributed by atoms with Crippen molar-refractivity contribution in [3.05, 3.63) is 46.5 Å². The molecule has 1 aromatic carbocycles. The zero-order chi connectivity index (χ0) is 57.3. The Labute approximate surface area is 456 Å². The molecule has 7 unspecified atom stereocenters. The number of fused-ring (bicyclic) bond motifs is 1. The van der Waals surface area contributed by atoms with E-state index < -0.39 is 96.5 Å². The summed E-state index contributed by atoms with van der Waals surface area (Å²) in [5.41, 5.74) is 4.35. The number of nitrogens with two attached hydrogens (primary N) is 1. The van der Waals surface area contributed by atoms with Crippen LogP contribution >= 0.6 is 58.4 Å². The van der Waals surface area contributed by atoms with E-state index in [1.165, 1.54) is 32.0 Å². The van der Waals surface area contributed by atoms with E-state index in [9.17, 15) is 67.5 Å². The highest BCUT2D eigenvalue weighted by Crippen LogP contribution is 2.61. The van der Waals surface area contributed by atoms with Crippen LogP contribution < -0.4 is 21.7 Å². The molecule has 11 N–H and O–H groups in total. The van der Waals surface area contributed by atoms with Crippen LogP contribution in [0.4, 0.5) is 5.82 Å². The molecule has 0 radical (unpaired) electrons. The van der Waals surface area contributed by atoms with E-state index in [4.69, 9.17) is 47.5 Å². The standard InChI is InChI=1S/C42H64Cl2N9O20P3S/c1-5-6-7-16-52(17-8-18-68-4)40(60)28(51-38(58)25-9-10-26(43)27(44)20-25)11-12-31(55)77-19-15-46-30(54)13-14-47-39(59)35(57)42(2,3)22-70-76(66,67)73-75(64,65)69-21-29-34(72-74(61,62)63)33(56)41(71-29)53-24-50-32-36(45)48-23-49-37(32)53/h9-10,20,23-24,28-29,33-35,41,56-57H,5-8,11-19,21-22H2,1-4H3,(H,46,54)(H,47,59)(H,51,58)(H,64,65)(H,66,67)(H2,45,48,49)(H2,61,62,63)/t28-,29?,33?,34?,35?,41?/m1/s1. The number of phosphoric acid groups is 3. The Kier molecular flexibility index (Phi) is 25.8. The van der Waals surface area contributed by atoms with Crippen molar-refractivity contribution in [3.63, 3.8) is 0 Å². The molecule has 29 nitrogen and oxygen atoms in total. The third kappa shape index (κ3) is 21.0. The van der Waals surface area contributed by atoms with Gasteiger partial charge in [-0.15, -0.1) is 0 Å². The van der Waals surface area contributed by atoms with Crippen LogP contribution in [0.1, 0.15) is 82.3 Å². The van der Waals surface area contributed by atoms with Gasteiger partial charge in [0, 0.05) is 69.5 Å². The molecule has 0 bridgehead atoms. The zero-order valence-electron chi connectivity index (χ0n) is 42.2. The van der Waals surface area contributed by atoms with Gasteiger partial charge < -0.3 is 65.8 Å². The third-order valence-electron chi connectivity index (χ3n) is 11.3. The molecular weight excluding hydrogens is 1150 g/mol.